The minimum atomic E-state index is -0.304. The van der Waals surface area contributed by atoms with Crippen LogP contribution in [0.4, 0.5) is 5.69 Å². The summed E-state index contributed by atoms with van der Waals surface area (Å²) in [6.45, 7) is 2.05. The van der Waals surface area contributed by atoms with Gasteiger partial charge >= 0.3 is 0 Å². The van der Waals surface area contributed by atoms with Crippen LogP contribution in [0.3, 0.4) is 0 Å². The zero-order valence-electron chi connectivity index (χ0n) is 8.12. The number of rotatable bonds is 1. The van der Waals surface area contributed by atoms with Gasteiger partial charge in [0.1, 0.15) is 0 Å². The molecule has 2 aliphatic carbocycles. The van der Waals surface area contributed by atoms with Crippen LogP contribution in [0, 0.1) is 10.1 Å². The van der Waals surface area contributed by atoms with Gasteiger partial charge in [-0.2, -0.15) is 0 Å². The zero-order chi connectivity index (χ0) is 10.3. The molecule has 0 aromatic heterocycles. The molecule has 0 radical (unpaired) electrons. The Labute approximate surface area is 86.4 Å². The maximum absolute atomic E-state index is 10.7. The lowest BCUT2D eigenvalue weighted by molar-refractivity contribution is -0.385. The van der Waals surface area contributed by atoms with Crippen molar-refractivity contribution in [1.82, 2.24) is 5.32 Å². The molecule has 1 saturated carbocycles. The topological polar surface area (TPSA) is 55.2 Å². The fraction of sp³-hybridized carbons (Fsp3) is 0.455. The summed E-state index contributed by atoms with van der Waals surface area (Å²) in [5.41, 5.74) is 3.43. The molecule has 1 saturated heterocycles. The van der Waals surface area contributed by atoms with Crippen LogP contribution in [0.2, 0.25) is 0 Å². The molecule has 1 heterocycles. The van der Waals surface area contributed by atoms with E-state index in [1.54, 1.807) is 12.1 Å². The van der Waals surface area contributed by atoms with Crippen molar-refractivity contribution in [2.45, 2.75) is 17.3 Å². The molecule has 1 aromatic rings. The monoisotopic (exact) mass is 202 g/mol. The third-order valence-corrected chi connectivity index (χ3v) is 4.49. The van der Waals surface area contributed by atoms with Crippen LogP contribution in [-0.2, 0) is 10.8 Å². The summed E-state index contributed by atoms with van der Waals surface area (Å²) in [4.78, 5) is 10.4. The molecule has 76 valence electrons. The number of nitro groups is 1. The molecule has 3 aliphatic rings. The fourth-order valence-corrected chi connectivity index (χ4v) is 3.72. The Morgan fingerprint density at radius 3 is 2.73 bits per heavy atom. The smallest absolute Gasteiger partial charge is 0.269 e. The molecule has 4 heteroatoms. The minimum Gasteiger partial charge on any atom is -0.315 e. The predicted molar refractivity (Wildman–Crippen MR) is 53.9 cm³/mol. The van der Waals surface area contributed by atoms with Crippen molar-refractivity contribution in [1.29, 1.82) is 0 Å². The van der Waals surface area contributed by atoms with Crippen LogP contribution < -0.4 is 5.32 Å². The van der Waals surface area contributed by atoms with Crippen molar-refractivity contribution in [3.63, 3.8) is 0 Å². The lowest BCUT2D eigenvalue weighted by Crippen LogP contribution is -2.33. The molecule has 2 fully saturated rings. The van der Waals surface area contributed by atoms with E-state index in [4.69, 9.17) is 0 Å². The van der Waals surface area contributed by atoms with Gasteiger partial charge in [-0.05, 0) is 17.5 Å². The predicted octanol–water partition coefficient (Wildman–Crippen LogP) is 1.09. The van der Waals surface area contributed by atoms with Crippen molar-refractivity contribution in [3.8, 4) is 0 Å². The third kappa shape index (κ3) is 0.597. The summed E-state index contributed by atoms with van der Waals surface area (Å²) in [5.74, 6) is 0. The lowest BCUT2D eigenvalue weighted by atomic mass is 9.70. The Bertz CT molecular complexity index is 513. The van der Waals surface area contributed by atoms with Gasteiger partial charge in [0.25, 0.3) is 5.69 Å². The standard InChI is InChI=1S/C11H10N2O2/c14-13(15)7-1-2-8-9(3-7)11-4-10(8,11)5-12-6-11/h1-3,12H,4-6H2. The first-order valence-electron chi connectivity index (χ1n) is 5.20. The van der Waals surface area contributed by atoms with Gasteiger partial charge in [-0.3, -0.25) is 10.1 Å². The van der Waals surface area contributed by atoms with Crippen molar-refractivity contribution in [2.75, 3.05) is 13.1 Å². The molecule has 1 aliphatic heterocycles. The Morgan fingerprint density at radius 2 is 2.00 bits per heavy atom. The fourth-order valence-electron chi connectivity index (χ4n) is 3.72. The van der Waals surface area contributed by atoms with Gasteiger partial charge < -0.3 is 5.32 Å². The van der Waals surface area contributed by atoms with Gasteiger partial charge in [0.05, 0.1) is 4.92 Å². The average molecular weight is 202 g/mol. The number of nitrogens with zero attached hydrogens (tertiary/aromatic N) is 1. The molecule has 0 bridgehead atoms. The normalized spacial score (nSPS) is 38.7. The summed E-state index contributed by atoms with van der Waals surface area (Å²) in [7, 11) is 0. The molecule has 4 nitrogen and oxygen atoms in total. The van der Waals surface area contributed by atoms with E-state index in [-0.39, 0.29) is 16.0 Å². The molecule has 0 spiro atoms. The van der Waals surface area contributed by atoms with E-state index in [2.05, 4.69) is 5.32 Å². The molecular weight excluding hydrogens is 192 g/mol. The number of hydrogen-bond donors (Lipinski definition) is 1. The van der Waals surface area contributed by atoms with Gasteiger partial charge in [0.15, 0.2) is 0 Å². The summed E-state index contributed by atoms with van der Waals surface area (Å²) < 4.78 is 0. The minimum absolute atomic E-state index is 0.232. The summed E-state index contributed by atoms with van der Waals surface area (Å²) in [6.07, 6.45) is 1.20. The number of fused-ring (bicyclic) bond motifs is 1. The second-order valence-corrected chi connectivity index (χ2v) is 4.93. The van der Waals surface area contributed by atoms with E-state index in [0.29, 0.717) is 5.41 Å². The quantitative estimate of drug-likeness (QED) is 0.548. The molecule has 2 atom stereocenters. The number of nitro benzene ring substituents is 1. The molecule has 1 N–H and O–H groups in total. The highest BCUT2D eigenvalue weighted by Gasteiger charge is 2.79. The van der Waals surface area contributed by atoms with Crippen LogP contribution in [0.15, 0.2) is 18.2 Å². The van der Waals surface area contributed by atoms with Crippen LogP contribution in [-0.4, -0.2) is 18.0 Å². The van der Waals surface area contributed by atoms with Gasteiger partial charge in [-0.1, -0.05) is 6.07 Å². The summed E-state index contributed by atoms with van der Waals surface area (Å²) in [5, 5.41) is 14.1. The number of piperidine rings is 1. The Balaban J connectivity index is 1.91. The highest BCUT2D eigenvalue weighted by molar-refractivity contribution is 5.69. The van der Waals surface area contributed by atoms with Gasteiger partial charge in [0.2, 0.25) is 0 Å². The van der Waals surface area contributed by atoms with Crippen LogP contribution in [0.5, 0.6) is 0 Å². The van der Waals surface area contributed by atoms with Gasteiger partial charge in [-0.25, -0.2) is 0 Å². The first-order valence-corrected chi connectivity index (χ1v) is 5.20. The Morgan fingerprint density at radius 1 is 1.27 bits per heavy atom. The van der Waals surface area contributed by atoms with Crippen LogP contribution >= 0.6 is 0 Å². The second kappa shape index (κ2) is 1.93. The number of non-ortho nitro benzene ring substituents is 1. The summed E-state index contributed by atoms with van der Waals surface area (Å²) in [6, 6.07) is 5.35. The molecule has 4 rings (SSSR count). The van der Waals surface area contributed by atoms with E-state index in [0.717, 1.165) is 13.1 Å². The first-order chi connectivity index (χ1) is 7.20. The first kappa shape index (κ1) is 7.82. The van der Waals surface area contributed by atoms with E-state index in [1.165, 1.54) is 17.5 Å². The van der Waals surface area contributed by atoms with E-state index in [1.807, 2.05) is 6.07 Å². The molecule has 2 unspecified atom stereocenters. The zero-order valence-corrected chi connectivity index (χ0v) is 8.12. The van der Waals surface area contributed by atoms with Crippen LogP contribution in [0.1, 0.15) is 17.5 Å². The number of nitrogens with one attached hydrogen (secondary N) is 1. The molecule has 15 heavy (non-hydrogen) atoms. The van der Waals surface area contributed by atoms with Crippen molar-refractivity contribution in [3.05, 3.63) is 39.4 Å². The van der Waals surface area contributed by atoms with Gasteiger partial charge in [0, 0.05) is 36.1 Å². The van der Waals surface area contributed by atoms with E-state index >= 15 is 0 Å². The third-order valence-electron chi connectivity index (χ3n) is 4.49. The van der Waals surface area contributed by atoms with E-state index < -0.39 is 0 Å². The molecule has 1 aromatic carbocycles. The Hall–Kier alpha value is -1.42. The molecular formula is C11H10N2O2. The SMILES string of the molecule is O=[N+]([O-])c1ccc2c(c1)C13CNCC21C3. The second-order valence-electron chi connectivity index (χ2n) is 4.93. The van der Waals surface area contributed by atoms with Crippen molar-refractivity contribution < 1.29 is 4.92 Å². The molecule has 0 amide bonds. The highest BCUT2D eigenvalue weighted by atomic mass is 16.6. The van der Waals surface area contributed by atoms with Crippen molar-refractivity contribution >= 4 is 5.69 Å². The van der Waals surface area contributed by atoms with Gasteiger partial charge in [-0.15, -0.1) is 0 Å². The maximum Gasteiger partial charge on any atom is 0.269 e. The van der Waals surface area contributed by atoms with Crippen molar-refractivity contribution in [2.24, 2.45) is 0 Å². The van der Waals surface area contributed by atoms with Crippen LogP contribution in [0.25, 0.3) is 0 Å². The average Bonchev–Trinajstić information content (AvgIpc) is 2.69. The Kier molecular flexibility index (Phi) is 1.00. The number of hydrogen-bond acceptors (Lipinski definition) is 3. The van der Waals surface area contributed by atoms with E-state index in [9.17, 15) is 10.1 Å². The summed E-state index contributed by atoms with van der Waals surface area (Å²) >= 11 is 0. The maximum atomic E-state index is 10.7. The lowest BCUT2D eigenvalue weighted by Gasteiger charge is -2.32. The number of benzene rings is 1. The largest absolute Gasteiger partial charge is 0.315 e. The highest BCUT2D eigenvalue weighted by Crippen LogP contribution is 2.76.